The lowest BCUT2D eigenvalue weighted by atomic mass is 10.1. The van der Waals surface area contributed by atoms with Crippen LogP contribution in [0.1, 0.15) is 11.1 Å². The average molecular weight is 301 g/mol. The Hall–Kier alpha value is -1.59. The van der Waals surface area contributed by atoms with Crippen LogP contribution in [0.25, 0.3) is 6.08 Å². The van der Waals surface area contributed by atoms with Gasteiger partial charge in [-0.3, -0.25) is 4.79 Å². The van der Waals surface area contributed by atoms with Gasteiger partial charge in [0.1, 0.15) is 0 Å². The summed E-state index contributed by atoms with van der Waals surface area (Å²) >= 11 is 1.50. The number of likely N-dealkylation sites (N-methyl/N-ethyl adjacent to an activating group) is 1. The van der Waals surface area contributed by atoms with Gasteiger partial charge in [-0.1, -0.05) is 24.3 Å². The van der Waals surface area contributed by atoms with Gasteiger partial charge in [-0.2, -0.15) is 4.99 Å². The van der Waals surface area contributed by atoms with Gasteiger partial charge in [0.2, 0.25) is 0 Å². The summed E-state index contributed by atoms with van der Waals surface area (Å²) in [5.41, 5.74) is 2.26. The normalized spacial score (nSPS) is 22.0. The molecule has 5 heteroatoms. The summed E-state index contributed by atoms with van der Waals surface area (Å²) < 4.78 is 0. The highest BCUT2D eigenvalue weighted by Crippen LogP contribution is 2.31. The third kappa shape index (κ3) is 3.19. The molecule has 0 bridgehead atoms. The van der Waals surface area contributed by atoms with Gasteiger partial charge in [-0.05, 0) is 42.9 Å². The monoisotopic (exact) mass is 301 g/mol. The van der Waals surface area contributed by atoms with Crippen molar-refractivity contribution in [3.05, 3.63) is 40.3 Å². The van der Waals surface area contributed by atoms with Crippen molar-refractivity contribution in [3.63, 3.8) is 0 Å². The highest BCUT2D eigenvalue weighted by Gasteiger charge is 2.27. The second-order valence-electron chi connectivity index (χ2n) is 5.46. The highest BCUT2D eigenvalue weighted by molar-refractivity contribution is 8.18. The molecule has 2 aliphatic rings. The summed E-state index contributed by atoms with van der Waals surface area (Å²) in [5, 5.41) is 0.855. The predicted octanol–water partition coefficient (Wildman–Crippen LogP) is 2.21. The number of thioether (sulfide) groups is 1. The largest absolute Gasteiger partial charge is 0.348 e. The van der Waals surface area contributed by atoms with Gasteiger partial charge >= 0.3 is 0 Å². The van der Waals surface area contributed by atoms with Crippen LogP contribution < -0.4 is 0 Å². The standard InChI is InChI=1S/C16H19N3OS/c1-12-5-3-4-6-13(12)11-14-15(20)17-16(21-14)19-9-7-18(2)8-10-19/h3-6,11H,7-10H2,1-2H3. The maximum Gasteiger partial charge on any atom is 0.286 e. The quantitative estimate of drug-likeness (QED) is 0.745. The molecule has 110 valence electrons. The number of benzene rings is 1. The fraction of sp³-hybridized carbons (Fsp3) is 0.375. The van der Waals surface area contributed by atoms with Crippen LogP contribution in [-0.2, 0) is 4.79 Å². The number of amidine groups is 1. The van der Waals surface area contributed by atoms with Crippen LogP contribution in [0.15, 0.2) is 34.2 Å². The van der Waals surface area contributed by atoms with Crippen LogP contribution in [0.3, 0.4) is 0 Å². The minimum absolute atomic E-state index is 0.114. The molecular formula is C16H19N3OS. The second kappa shape index (κ2) is 6.03. The molecule has 0 N–H and O–H groups in total. The number of amides is 1. The molecule has 1 aromatic carbocycles. The molecule has 1 aromatic rings. The van der Waals surface area contributed by atoms with E-state index in [1.807, 2.05) is 24.3 Å². The fourth-order valence-corrected chi connectivity index (χ4v) is 3.38. The van der Waals surface area contributed by atoms with Gasteiger partial charge in [0.25, 0.3) is 5.91 Å². The van der Waals surface area contributed by atoms with E-state index in [9.17, 15) is 4.79 Å². The zero-order valence-electron chi connectivity index (χ0n) is 12.4. The molecule has 0 radical (unpaired) electrons. The first-order valence-electron chi connectivity index (χ1n) is 7.15. The molecule has 0 saturated carbocycles. The molecule has 2 heterocycles. The molecule has 1 amide bonds. The Balaban J connectivity index is 1.74. The van der Waals surface area contributed by atoms with E-state index in [1.165, 1.54) is 17.3 Å². The number of nitrogens with zero attached hydrogens (tertiary/aromatic N) is 3. The number of hydrogen-bond donors (Lipinski definition) is 0. The van der Waals surface area contributed by atoms with E-state index in [0.717, 1.165) is 41.8 Å². The third-order valence-electron chi connectivity index (χ3n) is 3.86. The van der Waals surface area contributed by atoms with Crippen molar-refractivity contribution in [1.29, 1.82) is 0 Å². The first-order valence-corrected chi connectivity index (χ1v) is 7.97. The summed E-state index contributed by atoms with van der Waals surface area (Å²) in [6, 6.07) is 8.08. The lowest BCUT2D eigenvalue weighted by molar-refractivity contribution is -0.113. The fourth-order valence-electron chi connectivity index (χ4n) is 2.42. The van der Waals surface area contributed by atoms with Crippen molar-refractivity contribution in [2.45, 2.75) is 6.92 Å². The lowest BCUT2D eigenvalue weighted by Crippen LogP contribution is -2.46. The van der Waals surface area contributed by atoms with Crippen LogP contribution in [0.2, 0.25) is 0 Å². The van der Waals surface area contributed by atoms with E-state index < -0.39 is 0 Å². The van der Waals surface area contributed by atoms with Crippen LogP contribution in [0.5, 0.6) is 0 Å². The van der Waals surface area contributed by atoms with Crippen molar-refractivity contribution in [2.75, 3.05) is 33.2 Å². The maximum atomic E-state index is 12.1. The first-order chi connectivity index (χ1) is 10.1. The Morgan fingerprint density at radius 1 is 1.19 bits per heavy atom. The molecule has 0 atom stereocenters. The summed E-state index contributed by atoms with van der Waals surface area (Å²) in [6.07, 6.45) is 1.95. The van der Waals surface area contributed by atoms with Crippen molar-refractivity contribution in [3.8, 4) is 0 Å². The highest BCUT2D eigenvalue weighted by atomic mass is 32.2. The second-order valence-corrected chi connectivity index (χ2v) is 6.47. The van der Waals surface area contributed by atoms with E-state index in [-0.39, 0.29) is 5.91 Å². The molecule has 1 saturated heterocycles. The van der Waals surface area contributed by atoms with E-state index in [0.29, 0.717) is 0 Å². The van der Waals surface area contributed by atoms with Gasteiger partial charge in [0.05, 0.1) is 4.91 Å². The molecule has 21 heavy (non-hydrogen) atoms. The van der Waals surface area contributed by atoms with Crippen LogP contribution >= 0.6 is 11.8 Å². The SMILES string of the molecule is Cc1ccccc1C=C1SC(N2CCN(C)CC2)=NC1=O. The van der Waals surface area contributed by atoms with Gasteiger partial charge in [-0.15, -0.1) is 0 Å². The number of carbonyl (C=O) groups is 1. The Morgan fingerprint density at radius 3 is 2.62 bits per heavy atom. The predicted molar refractivity (Wildman–Crippen MR) is 88.3 cm³/mol. The minimum atomic E-state index is -0.114. The Bertz CT molecular complexity index is 616. The van der Waals surface area contributed by atoms with E-state index >= 15 is 0 Å². The summed E-state index contributed by atoms with van der Waals surface area (Å²) in [5.74, 6) is -0.114. The molecule has 4 nitrogen and oxygen atoms in total. The minimum Gasteiger partial charge on any atom is -0.348 e. The van der Waals surface area contributed by atoms with Crippen molar-refractivity contribution in [2.24, 2.45) is 4.99 Å². The number of piperazine rings is 1. The topological polar surface area (TPSA) is 35.9 Å². The molecule has 0 spiro atoms. The Morgan fingerprint density at radius 2 is 1.90 bits per heavy atom. The van der Waals surface area contributed by atoms with Crippen molar-refractivity contribution in [1.82, 2.24) is 9.80 Å². The molecule has 0 aromatic heterocycles. The van der Waals surface area contributed by atoms with E-state index in [4.69, 9.17) is 0 Å². The van der Waals surface area contributed by atoms with Gasteiger partial charge in [-0.25, -0.2) is 0 Å². The number of aliphatic imine (C=N–C) groups is 1. The third-order valence-corrected chi connectivity index (χ3v) is 4.90. The zero-order valence-corrected chi connectivity index (χ0v) is 13.2. The van der Waals surface area contributed by atoms with E-state index in [2.05, 4.69) is 34.8 Å². The van der Waals surface area contributed by atoms with Crippen molar-refractivity contribution >= 4 is 28.9 Å². The number of aryl methyl sites for hydroxylation is 1. The van der Waals surface area contributed by atoms with Gasteiger partial charge in [0, 0.05) is 26.2 Å². The Labute approximate surface area is 129 Å². The van der Waals surface area contributed by atoms with Gasteiger partial charge < -0.3 is 9.80 Å². The summed E-state index contributed by atoms with van der Waals surface area (Å²) in [4.78, 5) is 21.5. The first kappa shape index (κ1) is 14.4. The zero-order chi connectivity index (χ0) is 14.8. The molecule has 2 aliphatic heterocycles. The Kier molecular flexibility index (Phi) is 4.12. The van der Waals surface area contributed by atoms with Crippen LogP contribution in [-0.4, -0.2) is 54.1 Å². The van der Waals surface area contributed by atoms with Crippen LogP contribution in [0, 0.1) is 6.92 Å². The number of carbonyl (C=O) groups excluding carboxylic acids is 1. The smallest absolute Gasteiger partial charge is 0.286 e. The van der Waals surface area contributed by atoms with Crippen LogP contribution in [0.4, 0.5) is 0 Å². The van der Waals surface area contributed by atoms with E-state index in [1.54, 1.807) is 0 Å². The lowest BCUT2D eigenvalue weighted by Gasteiger charge is -2.32. The molecule has 0 aliphatic carbocycles. The number of hydrogen-bond acceptors (Lipinski definition) is 4. The molecule has 1 fully saturated rings. The number of rotatable bonds is 1. The summed E-state index contributed by atoms with van der Waals surface area (Å²) in [7, 11) is 2.12. The maximum absolute atomic E-state index is 12.1. The molecule has 0 unspecified atom stereocenters. The van der Waals surface area contributed by atoms with Gasteiger partial charge in [0.15, 0.2) is 5.17 Å². The van der Waals surface area contributed by atoms with Crippen molar-refractivity contribution < 1.29 is 4.79 Å². The molecular weight excluding hydrogens is 282 g/mol. The average Bonchev–Trinajstić information content (AvgIpc) is 2.83. The summed E-state index contributed by atoms with van der Waals surface area (Å²) in [6.45, 7) is 5.97. The molecule has 3 rings (SSSR count).